The number of H-pyrrole nitrogens is 1. The number of fused-ring (bicyclic) bond motifs is 1. The summed E-state index contributed by atoms with van der Waals surface area (Å²) in [6.45, 7) is 2.62. The van der Waals surface area contributed by atoms with Crippen LogP contribution in [0.3, 0.4) is 0 Å². The average molecular weight is 427 g/mol. The number of hydrogen-bond acceptors (Lipinski definition) is 3. The lowest BCUT2D eigenvalue weighted by Crippen LogP contribution is -2.12. The molecule has 3 N–H and O–H groups in total. The first kappa shape index (κ1) is 22.6. The summed E-state index contributed by atoms with van der Waals surface area (Å²) in [5, 5.41) is 1.24. The van der Waals surface area contributed by atoms with E-state index in [-0.39, 0.29) is 5.75 Å². The van der Waals surface area contributed by atoms with Gasteiger partial charge in [-0.25, -0.2) is 8.42 Å². The van der Waals surface area contributed by atoms with Gasteiger partial charge in [0.05, 0.1) is 10.6 Å². The Morgan fingerprint density at radius 2 is 1.57 bits per heavy atom. The molecule has 0 fully saturated rings. The molecule has 1 unspecified atom stereocenters. The standard InChI is InChI=1S/C25H34N2O2S/c1-20-13-15-23(16-14-20)30(28,29)17-9-5-3-2-4-6-11-22(19-26)25-18-21-10-7-8-12-24(21)27-25/h7-8,10,12-16,18,22,27H,2-6,9,11,17,19,26H2,1H3. The van der Waals surface area contributed by atoms with E-state index >= 15 is 0 Å². The van der Waals surface area contributed by atoms with Crippen molar-refractivity contribution in [1.82, 2.24) is 4.98 Å². The van der Waals surface area contributed by atoms with E-state index in [4.69, 9.17) is 5.73 Å². The van der Waals surface area contributed by atoms with Gasteiger partial charge in [0, 0.05) is 23.7 Å². The Kier molecular flexibility index (Phi) is 8.11. The summed E-state index contributed by atoms with van der Waals surface area (Å²) in [6, 6.07) is 17.7. The Morgan fingerprint density at radius 1 is 0.900 bits per heavy atom. The summed E-state index contributed by atoms with van der Waals surface area (Å²) >= 11 is 0. The molecule has 0 aliphatic carbocycles. The van der Waals surface area contributed by atoms with Crippen molar-refractivity contribution in [3.05, 3.63) is 65.9 Å². The fraction of sp³-hybridized carbons (Fsp3) is 0.440. The average Bonchev–Trinajstić information content (AvgIpc) is 3.17. The number of benzene rings is 2. The number of unbranched alkanes of at least 4 members (excludes halogenated alkanes) is 5. The molecule has 1 aromatic heterocycles. The highest BCUT2D eigenvalue weighted by Gasteiger charge is 2.14. The minimum Gasteiger partial charge on any atom is -0.358 e. The second-order valence-electron chi connectivity index (χ2n) is 8.29. The Hall–Kier alpha value is -2.11. The first-order valence-electron chi connectivity index (χ1n) is 11.1. The van der Waals surface area contributed by atoms with E-state index in [0.717, 1.165) is 44.1 Å². The van der Waals surface area contributed by atoms with Gasteiger partial charge in [0.1, 0.15) is 0 Å². The van der Waals surface area contributed by atoms with Gasteiger partial charge in [-0.05, 0) is 49.4 Å². The van der Waals surface area contributed by atoms with Gasteiger partial charge in [-0.15, -0.1) is 0 Å². The van der Waals surface area contributed by atoms with Crippen LogP contribution in [0.4, 0.5) is 0 Å². The maximum atomic E-state index is 12.4. The molecule has 1 heterocycles. The fourth-order valence-electron chi connectivity index (χ4n) is 3.97. The van der Waals surface area contributed by atoms with Crippen LogP contribution in [0, 0.1) is 6.92 Å². The third-order valence-electron chi connectivity index (χ3n) is 5.87. The van der Waals surface area contributed by atoms with Crippen LogP contribution in [-0.2, 0) is 9.84 Å². The molecule has 0 bridgehead atoms. The van der Waals surface area contributed by atoms with E-state index in [1.807, 2.05) is 25.1 Å². The van der Waals surface area contributed by atoms with Crippen LogP contribution in [-0.4, -0.2) is 25.7 Å². The topological polar surface area (TPSA) is 75.9 Å². The van der Waals surface area contributed by atoms with Crippen LogP contribution < -0.4 is 5.73 Å². The molecule has 0 aliphatic heterocycles. The monoisotopic (exact) mass is 426 g/mol. The van der Waals surface area contributed by atoms with Crippen molar-refractivity contribution < 1.29 is 8.42 Å². The summed E-state index contributed by atoms with van der Waals surface area (Å²) < 4.78 is 24.7. The van der Waals surface area contributed by atoms with Gasteiger partial charge in [0.15, 0.2) is 9.84 Å². The van der Waals surface area contributed by atoms with Gasteiger partial charge in [-0.2, -0.15) is 0 Å². The van der Waals surface area contributed by atoms with Gasteiger partial charge in [-0.3, -0.25) is 0 Å². The van der Waals surface area contributed by atoms with Crippen molar-refractivity contribution >= 4 is 20.7 Å². The zero-order chi connectivity index (χ0) is 21.4. The molecule has 0 radical (unpaired) electrons. The van der Waals surface area contributed by atoms with E-state index in [1.165, 1.54) is 23.0 Å². The van der Waals surface area contributed by atoms with Crippen LogP contribution in [0.25, 0.3) is 10.9 Å². The molecule has 3 aromatic rings. The Labute approximate surface area is 180 Å². The molecule has 1 atom stereocenters. The van der Waals surface area contributed by atoms with Crippen molar-refractivity contribution in [2.75, 3.05) is 12.3 Å². The smallest absolute Gasteiger partial charge is 0.178 e. The predicted octanol–water partition coefficient (Wildman–Crippen LogP) is 5.72. The minimum absolute atomic E-state index is 0.242. The highest BCUT2D eigenvalue weighted by atomic mass is 32.2. The number of aromatic nitrogens is 1. The molecule has 5 heteroatoms. The number of rotatable bonds is 12. The number of para-hydroxylation sites is 1. The van der Waals surface area contributed by atoms with Gasteiger partial charge in [0.2, 0.25) is 0 Å². The van der Waals surface area contributed by atoms with Crippen molar-refractivity contribution in [3.63, 3.8) is 0 Å². The fourth-order valence-corrected chi connectivity index (χ4v) is 5.34. The van der Waals surface area contributed by atoms with Crippen molar-refractivity contribution in [2.24, 2.45) is 5.73 Å². The van der Waals surface area contributed by atoms with Crippen LogP contribution in [0.2, 0.25) is 0 Å². The van der Waals surface area contributed by atoms with E-state index in [2.05, 4.69) is 29.2 Å². The lowest BCUT2D eigenvalue weighted by Gasteiger charge is -2.13. The van der Waals surface area contributed by atoms with Crippen molar-refractivity contribution in [3.8, 4) is 0 Å². The highest BCUT2D eigenvalue weighted by molar-refractivity contribution is 7.91. The first-order valence-corrected chi connectivity index (χ1v) is 12.7. The van der Waals surface area contributed by atoms with Gasteiger partial charge in [0.25, 0.3) is 0 Å². The van der Waals surface area contributed by atoms with Gasteiger partial charge >= 0.3 is 0 Å². The van der Waals surface area contributed by atoms with Crippen LogP contribution >= 0.6 is 0 Å². The summed E-state index contributed by atoms with van der Waals surface area (Å²) in [7, 11) is -3.15. The first-order chi connectivity index (χ1) is 14.5. The van der Waals surface area contributed by atoms with Crippen molar-refractivity contribution in [2.45, 2.75) is 62.7 Å². The second kappa shape index (κ2) is 10.8. The molecular formula is C25H34N2O2S. The number of hydrogen-bond donors (Lipinski definition) is 2. The Balaban J connectivity index is 1.32. The third kappa shape index (κ3) is 6.19. The normalized spacial score (nSPS) is 13.0. The Morgan fingerprint density at radius 3 is 2.27 bits per heavy atom. The quantitative estimate of drug-likeness (QED) is 0.363. The Bertz CT molecular complexity index is 990. The lowest BCUT2D eigenvalue weighted by atomic mass is 9.97. The molecule has 3 rings (SSSR count). The number of nitrogens with two attached hydrogens (primary N) is 1. The second-order valence-corrected chi connectivity index (χ2v) is 10.4. The van der Waals surface area contributed by atoms with Crippen molar-refractivity contribution in [1.29, 1.82) is 0 Å². The predicted molar refractivity (Wildman–Crippen MR) is 126 cm³/mol. The van der Waals surface area contributed by atoms with E-state index < -0.39 is 9.84 Å². The number of sulfone groups is 1. The summed E-state index contributed by atoms with van der Waals surface area (Å²) in [4.78, 5) is 3.95. The van der Waals surface area contributed by atoms with E-state index in [0.29, 0.717) is 17.4 Å². The summed E-state index contributed by atoms with van der Waals surface area (Å²) in [5.41, 5.74) is 9.52. The molecule has 4 nitrogen and oxygen atoms in total. The summed E-state index contributed by atoms with van der Waals surface area (Å²) in [5.74, 6) is 0.614. The molecule has 30 heavy (non-hydrogen) atoms. The van der Waals surface area contributed by atoms with Gasteiger partial charge in [-0.1, -0.05) is 68.0 Å². The maximum absolute atomic E-state index is 12.4. The largest absolute Gasteiger partial charge is 0.358 e. The van der Waals surface area contributed by atoms with E-state index in [9.17, 15) is 8.42 Å². The SMILES string of the molecule is Cc1ccc(S(=O)(=O)CCCCCCCCC(CN)c2cc3ccccc3[nH]2)cc1. The lowest BCUT2D eigenvalue weighted by molar-refractivity contribution is 0.536. The molecule has 2 aromatic carbocycles. The van der Waals surface area contributed by atoms with Gasteiger partial charge < -0.3 is 10.7 Å². The van der Waals surface area contributed by atoms with Crippen LogP contribution in [0.5, 0.6) is 0 Å². The molecule has 0 aliphatic rings. The number of aryl methyl sites for hydroxylation is 1. The molecule has 0 saturated heterocycles. The molecule has 0 spiro atoms. The zero-order valence-corrected chi connectivity index (χ0v) is 18.8. The number of nitrogens with one attached hydrogen (secondary N) is 1. The minimum atomic E-state index is -3.15. The zero-order valence-electron chi connectivity index (χ0n) is 17.9. The van der Waals surface area contributed by atoms with E-state index in [1.54, 1.807) is 12.1 Å². The number of aromatic amines is 1. The molecule has 0 saturated carbocycles. The molecule has 0 amide bonds. The van der Waals surface area contributed by atoms with Crippen LogP contribution in [0.1, 0.15) is 62.1 Å². The summed E-state index contributed by atoms with van der Waals surface area (Å²) in [6.07, 6.45) is 7.34. The maximum Gasteiger partial charge on any atom is 0.178 e. The molecular weight excluding hydrogens is 392 g/mol. The molecule has 162 valence electrons. The third-order valence-corrected chi connectivity index (χ3v) is 7.69. The van der Waals surface area contributed by atoms with Crippen LogP contribution in [0.15, 0.2) is 59.5 Å². The highest BCUT2D eigenvalue weighted by Crippen LogP contribution is 2.25.